The molecule has 0 heterocycles. The van der Waals surface area contributed by atoms with Gasteiger partial charge in [-0.15, -0.1) is 0 Å². The molecule has 0 aromatic rings. The molecule has 5 heteroatoms. The Hall–Kier alpha value is -1.26. The van der Waals surface area contributed by atoms with E-state index in [-0.39, 0.29) is 18.5 Å². The molecule has 0 aliphatic heterocycles. The largest absolute Gasteiger partial charge is 0.347 e. The topological polar surface area (TPSA) is 52.7 Å². The smallest absolute Gasteiger partial charge is 0.317 e. The first-order chi connectivity index (χ1) is 5.99. The van der Waals surface area contributed by atoms with Gasteiger partial charge in [-0.25, -0.2) is 4.79 Å². The van der Waals surface area contributed by atoms with E-state index in [9.17, 15) is 9.59 Å². The highest BCUT2D eigenvalue weighted by atomic mass is 16.2. The molecule has 3 amide bonds. The maximum atomic E-state index is 11.1. The number of hydrogen-bond donors (Lipinski definition) is 1. The third-order valence-electron chi connectivity index (χ3n) is 1.71. The van der Waals surface area contributed by atoms with Crippen molar-refractivity contribution in [2.45, 2.75) is 6.92 Å². The molecule has 0 atom stereocenters. The highest BCUT2D eigenvalue weighted by Crippen LogP contribution is 1.83. The van der Waals surface area contributed by atoms with Crippen molar-refractivity contribution in [1.29, 1.82) is 0 Å². The molecular formula is C8H17N3O2. The van der Waals surface area contributed by atoms with E-state index in [1.165, 1.54) is 9.80 Å². The van der Waals surface area contributed by atoms with Gasteiger partial charge in [0.15, 0.2) is 0 Å². The van der Waals surface area contributed by atoms with Crippen LogP contribution in [-0.4, -0.2) is 56.0 Å². The number of carbonyl (C=O) groups excluding carboxylic acids is 2. The average molecular weight is 187 g/mol. The van der Waals surface area contributed by atoms with Crippen molar-refractivity contribution in [1.82, 2.24) is 15.1 Å². The SMILES string of the molecule is CCN(C)C(=O)NCC(=O)N(C)C. The summed E-state index contributed by atoms with van der Waals surface area (Å²) in [6.07, 6.45) is 0. The van der Waals surface area contributed by atoms with Gasteiger partial charge in [-0.3, -0.25) is 4.79 Å². The summed E-state index contributed by atoms with van der Waals surface area (Å²) in [6, 6.07) is -0.224. The molecule has 0 rings (SSSR count). The van der Waals surface area contributed by atoms with Crippen LogP contribution in [0.15, 0.2) is 0 Å². The molecule has 0 saturated heterocycles. The zero-order valence-electron chi connectivity index (χ0n) is 8.63. The third kappa shape index (κ3) is 4.35. The van der Waals surface area contributed by atoms with Gasteiger partial charge in [0, 0.05) is 27.7 Å². The summed E-state index contributed by atoms with van der Waals surface area (Å²) >= 11 is 0. The van der Waals surface area contributed by atoms with Crippen LogP contribution >= 0.6 is 0 Å². The van der Waals surface area contributed by atoms with E-state index in [0.29, 0.717) is 6.54 Å². The van der Waals surface area contributed by atoms with Crippen LogP contribution in [0, 0.1) is 0 Å². The fourth-order valence-electron chi connectivity index (χ4n) is 0.588. The second-order valence-corrected chi connectivity index (χ2v) is 2.96. The lowest BCUT2D eigenvalue weighted by Crippen LogP contribution is -2.42. The first-order valence-corrected chi connectivity index (χ1v) is 4.18. The van der Waals surface area contributed by atoms with E-state index in [0.717, 1.165) is 0 Å². The number of carbonyl (C=O) groups is 2. The Balaban J connectivity index is 3.77. The van der Waals surface area contributed by atoms with E-state index in [2.05, 4.69) is 5.32 Å². The van der Waals surface area contributed by atoms with E-state index in [1.54, 1.807) is 21.1 Å². The number of rotatable bonds is 3. The number of urea groups is 1. The van der Waals surface area contributed by atoms with E-state index in [4.69, 9.17) is 0 Å². The standard InChI is InChI=1S/C8H17N3O2/c1-5-11(4)8(13)9-6-7(12)10(2)3/h5-6H2,1-4H3,(H,9,13). The lowest BCUT2D eigenvalue weighted by Gasteiger charge is -2.16. The second kappa shape index (κ2) is 5.40. The summed E-state index contributed by atoms with van der Waals surface area (Å²) in [7, 11) is 4.98. The minimum absolute atomic E-state index is 0.0518. The third-order valence-corrected chi connectivity index (χ3v) is 1.71. The van der Waals surface area contributed by atoms with Crippen LogP contribution in [0.5, 0.6) is 0 Å². The molecule has 5 nitrogen and oxygen atoms in total. The van der Waals surface area contributed by atoms with E-state index in [1.807, 2.05) is 6.92 Å². The molecule has 0 aliphatic carbocycles. The molecule has 0 spiro atoms. The maximum Gasteiger partial charge on any atom is 0.317 e. The quantitative estimate of drug-likeness (QED) is 0.661. The van der Waals surface area contributed by atoms with Crippen molar-refractivity contribution in [3.05, 3.63) is 0 Å². The van der Waals surface area contributed by atoms with Crippen molar-refractivity contribution in [3.63, 3.8) is 0 Å². The summed E-state index contributed by atoms with van der Waals surface area (Å²) in [6.45, 7) is 2.55. The Morgan fingerprint density at radius 2 is 1.77 bits per heavy atom. The fourth-order valence-corrected chi connectivity index (χ4v) is 0.588. The minimum atomic E-state index is -0.224. The van der Waals surface area contributed by atoms with Crippen molar-refractivity contribution < 1.29 is 9.59 Å². The van der Waals surface area contributed by atoms with Gasteiger partial charge in [0.1, 0.15) is 0 Å². The van der Waals surface area contributed by atoms with Crippen LogP contribution in [0.1, 0.15) is 6.92 Å². The Kier molecular flexibility index (Phi) is 4.87. The number of nitrogens with one attached hydrogen (secondary N) is 1. The second-order valence-electron chi connectivity index (χ2n) is 2.96. The number of amides is 3. The zero-order valence-corrected chi connectivity index (χ0v) is 8.63. The van der Waals surface area contributed by atoms with Crippen molar-refractivity contribution in [2.24, 2.45) is 0 Å². The molecule has 0 bridgehead atoms. The fraction of sp³-hybridized carbons (Fsp3) is 0.750. The summed E-state index contributed by atoms with van der Waals surface area (Å²) in [5.41, 5.74) is 0. The molecule has 13 heavy (non-hydrogen) atoms. The lowest BCUT2D eigenvalue weighted by atomic mass is 10.5. The van der Waals surface area contributed by atoms with Crippen molar-refractivity contribution >= 4 is 11.9 Å². The highest BCUT2D eigenvalue weighted by molar-refractivity contribution is 5.83. The molecule has 0 aromatic heterocycles. The predicted molar refractivity (Wildman–Crippen MR) is 50.4 cm³/mol. The summed E-state index contributed by atoms with van der Waals surface area (Å²) in [5.74, 6) is -0.113. The van der Waals surface area contributed by atoms with Gasteiger partial charge < -0.3 is 15.1 Å². The van der Waals surface area contributed by atoms with Crippen molar-refractivity contribution in [2.75, 3.05) is 34.2 Å². The average Bonchev–Trinajstić information content (AvgIpc) is 2.11. The molecule has 0 aliphatic rings. The van der Waals surface area contributed by atoms with Crippen LogP contribution in [0.25, 0.3) is 0 Å². The minimum Gasteiger partial charge on any atom is -0.347 e. The Morgan fingerprint density at radius 1 is 1.23 bits per heavy atom. The van der Waals surface area contributed by atoms with Crippen LogP contribution in [0.3, 0.4) is 0 Å². The molecular weight excluding hydrogens is 170 g/mol. The number of hydrogen-bond acceptors (Lipinski definition) is 2. The van der Waals surface area contributed by atoms with Crippen LogP contribution in [0.4, 0.5) is 4.79 Å². The summed E-state index contributed by atoms with van der Waals surface area (Å²) in [5, 5.41) is 2.51. The first kappa shape index (κ1) is 11.7. The predicted octanol–water partition coefficient (Wildman–Crippen LogP) is -0.264. The summed E-state index contributed by atoms with van der Waals surface area (Å²) in [4.78, 5) is 25.1. The van der Waals surface area contributed by atoms with Crippen LogP contribution < -0.4 is 5.32 Å². The number of likely N-dealkylation sites (N-methyl/N-ethyl adjacent to an activating group) is 1. The normalized spacial score (nSPS) is 9.23. The van der Waals surface area contributed by atoms with Gasteiger partial charge >= 0.3 is 6.03 Å². The van der Waals surface area contributed by atoms with Gasteiger partial charge in [0.05, 0.1) is 6.54 Å². The molecule has 0 fully saturated rings. The zero-order chi connectivity index (χ0) is 10.4. The molecule has 0 aromatic carbocycles. The molecule has 76 valence electrons. The molecule has 0 unspecified atom stereocenters. The maximum absolute atomic E-state index is 11.1. The van der Waals surface area contributed by atoms with Gasteiger partial charge in [-0.05, 0) is 6.92 Å². The summed E-state index contributed by atoms with van der Waals surface area (Å²) < 4.78 is 0. The van der Waals surface area contributed by atoms with Gasteiger partial charge in [-0.2, -0.15) is 0 Å². The Bertz CT molecular complexity index is 192. The highest BCUT2D eigenvalue weighted by Gasteiger charge is 2.08. The van der Waals surface area contributed by atoms with Crippen LogP contribution in [0.2, 0.25) is 0 Å². The Morgan fingerprint density at radius 3 is 2.15 bits per heavy atom. The Labute approximate surface area is 78.7 Å². The van der Waals surface area contributed by atoms with E-state index >= 15 is 0 Å². The lowest BCUT2D eigenvalue weighted by molar-refractivity contribution is -0.127. The molecule has 1 N–H and O–H groups in total. The van der Waals surface area contributed by atoms with E-state index < -0.39 is 0 Å². The number of nitrogens with zero attached hydrogens (tertiary/aromatic N) is 2. The van der Waals surface area contributed by atoms with Crippen LogP contribution in [-0.2, 0) is 4.79 Å². The first-order valence-electron chi connectivity index (χ1n) is 4.18. The molecule has 0 radical (unpaired) electrons. The van der Waals surface area contributed by atoms with Crippen molar-refractivity contribution in [3.8, 4) is 0 Å². The van der Waals surface area contributed by atoms with Gasteiger partial charge in [0.2, 0.25) is 5.91 Å². The van der Waals surface area contributed by atoms with Gasteiger partial charge in [-0.1, -0.05) is 0 Å². The molecule has 0 saturated carbocycles. The monoisotopic (exact) mass is 187 g/mol. The van der Waals surface area contributed by atoms with Gasteiger partial charge in [0.25, 0.3) is 0 Å².